The van der Waals surface area contributed by atoms with E-state index in [1.54, 1.807) is 0 Å². The van der Waals surface area contributed by atoms with E-state index in [-0.39, 0.29) is 41.9 Å². The summed E-state index contributed by atoms with van der Waals surface area (Å²) in [6.07, 6.45) is -0.845. The monoisotopic (exact) mass is 377 g/mol. The number of carbonyl (C=O) groups excluding carboxylic acids is 1. The van der Waals surface area contributed by atoms with Crippen molar-refractivity contribution >= 4 is 33.8 Å². The van der Waals surface area contributed by atoms with Crippen LogP contribution < -0.4 is 5.14 Å². The zero-order valence-electron chi connectivity index (χ0n) is 13.1. The fourth-order valence-electron chi connectivity index (χ4n) is 3.54. The van der Waals surface area contributed by atoms with Crippen molar-refractivity contribution in [3.05, 3.63) is 10.6 Å². The van der Waals surface area contributed by atoms with Crippen LogP contribution in [0.1, 0.15) is 13.8 Å². The highest BCUT2D eigenvalue weighted by molar-refractivity contribution is 8.04. The Hall–Kier alpha value is -1.14. The predicted octanol–water partition coefficient (Wildman–Crippen LogP) is -1.24. The Balaban J connectivity index is 1.80. The molecule has 0 aromatic heterocycles. The number of thioether (sulfide) groups is 1. The molecule has 4 N–H and O–H groups in total. The number of carboxylic acid groups (broad SMARTS) is 1. The fourth-order valence-corrected chi connectivity index (χ4v) is 6.02. The van der Waals surface area contributed by atoms with Crippen molar-refractivity contribution < 1.29 is 28.2 Å². The van der Waals surface area contributed by atoms with Gasteiger partial charge in [-0.3, -0.25) is 4.79 Å². The number of fused-ring (bicyclic) bond motifs is 1. The van der Waals surface area contributed by atoms with Crippen LogP contribution in [0.15, 0.2) is 10.6 Å². The number of amides is 1. The van der Waals surface area contributed by atoms with E-state index in [0.717, 1.165) is 4.31 Å². The van der Waals surface area contributed by atoms with Crippen molar-refractivity contribution in [1.82, 2.24) is 9.21 Å². The summed E-state index contributed by atoms with van der Waals surface area (Å²) in [5.74, 6) is -2.39. The van der Waals surface area contributed by atoms with Crippen LogP contribution in [0.2, 0.25) is 0 Å². The SMILES string of the molecule is CC(O)C1C(=O)N2C(C(=O)O)=C(SC3CN(S(N)(=O)=O)C3)C(C)C12. The topological polar surface area (TPSA) is 141 Å². The highest BCUT2D eigenvalue weighted by Gasteiger charge is 2.60. The van der Waals surface area contributed by atoms with Crippen LogP contribution in [0.5, 0.6) is 0 Å². The van der Waals surface area contributed by atoms with Crippen LogP contribution in [-0.2, 0) is 19.8 Å². The molecule has 134 valence electrons. The van der Waals surface area contributed by atoms with Gasteiger partial charge in [-0.05, 0) is 6.92 Å². The van der Waals surface area contributed by atoms with E-state index in [1.165, 1.54) is 23.6 Å². The molecular formula is C13H19N3O6S2. The van der Waals surface area contributed by atoms with E-state index in [4.69, 9.17) is 5.14 Å². The minimum absolute atomic E-state index is 0.0477. The van der Waals surface area contributed by atoms with Gasteiger partial charge in [0.2, 0.25) is 5.91 Å². The molecule has 9 nitrogen and oxygen atoms in total. The summed E-state index contributed by atoms with van der Waals surface area (Å²) in [4.78, 5) is 25.6. The lowest BCUT2D eigenvalue weighted by Crippen LogP contribution is -2.63. The zero-order chi connectivity index (χ0) is 18.0. The quantitative estimate of drug-likeness (QED) is 0.509. The van der Waals surface area contributed by atoms with E-state index >= 15 is 0 Å². The molecule has 0 aromatic carbocycles. The average Bonchev–Trinajstić information content (AvgIpc) is 2.61. The molecule has 24 heavy (non-hydrogen) atoms. The molecule has 0 spiro atoms. The zero-order valence-corrected chi connectivity index (χ0v) is 14.7. The summed E-state index contributed by atoms with van der Waals surface area (Å²) in [5.41, 5.74) is -0.0477. The molecule has 3 rings (SSSR count). The number of nitrogens with zero attached hydrogens (tertiary/aromatic N) is 2. The van der Waals surface area contributed by atoms with Gasteiger partial charge in [-0.15, -0.1) is 11.8 Å². The maximum Gasteiger partial charge on any atom is 0.353 e. The Morgan fingerprint density at radius 1 is 1.42 bits per heavy atom. The van der Waals surface area contributed by atoms with Crippen LogP contribution >= 0.6 is 11.8 Å². The largest absolute Gasteiger partial charge is 0.477 e. The van der Waals surface area contributed by atoms with Gasteiger partial charge in [0, 0.05) is 29.2 Å². The third-order valence-electron chi connectivity index (χ3n) is 4.78. The number of rotatable bonds is 5. The van der Waals surface area contributed by atoms with Crippen molar-refractivity contribution in [2.45, 2.75) is 31.2 Å². The number of carbonyl (C=O) groups is 2. The van der Waals surface area contributed by atoms with Crippen LogP contribution in [-0.4, -0.2) is 70.2 Å². The molecule has 0 aromatic rings. The van der Waals surface area contributed by atoms with Gasteiger partial charge in [0.15, 0.2) is 0 Å². The summed E-state index contributed by atoms with van der Waals surface area (Å²) < 4.78 is 23.5. The van der Waals surface area contributed by atoms with E-state index in [0.29, 0.717) is 4.91 Å². The molecule has 11 heteroatoms. The van der Waals surface area contributed by atoms with Gasteiger partial charge in [-0.1, -0.05) is 6.92 Å². The van der Waals surface area contributed by atoms with Crippen LogP contribution in [0.3, 0.4) is 0 Å². The minimum atomic E-state index is -3.72. The first-order chi connectivity index (χ1) is 11.0. The highest BCUT2D eigenvalue weighted by atomic mass is 32.2. The summed E-state index contributed by atoms with van der Waals surface area (Å²) in [5, 5.41) is 24.2. The first kappa shape index (κ1) is 17.7. The first-order valence-electron chi connectivity index (χ1n) is 7.47. The fraction of sp³-hybridized carbons (Fsp3) is 0.692. The summed E-state index contributed by atoms with van der Waals surface area (Å²) in [6.45, 7) is 3.78. The number of aliphatic hydroxyl groups is 1. The Labute approximate surface area is 143 Å². The number of hydrogen-bond donors (Lipinski definition) is 3. The first-order valence-corrected chi connectivity index (χ1v) is 9.85. The Kier molecular flexibility index (Phi) is 4.20. The van der Waals surface area contributed by atoms with Crippen molar-refractivity contribution in [1.29, 1.82) is 0 Å². The molecule has 3 heterocycles. The normalized spacial score (nSPS) is 32.4. The maximum absolute atomic E-state index is 12.2. The van der Waals surface area contributed by atoms with Gasteiger partial charge in [0.1, 0.15) is 5.70 Å². The Morgan fingerprint density at radius 2 is 2.00 bits per heavy atom. The Bertz CT molecular complexity index is 728. The van der Waals surface area contributed by atoms with Crippen LogP contribution in [0, 0.1) is 11.8 Å². The van der Waals surface area contributed by atoms with E-state index in [2.05, 4.69) is 0 Å². The molecule has 4 atom stereocenters. The molecule has 3 aliphatic rings. The third-order valence-corrected chi connectivity index (χ3v) is 7.25. The molecule has 1 amide bonds. The van der Waals surface area contributed by atoms with Gasteiger partial charge in [0.25, 0.3) is 10.2 Å². The smallest absolute Gasteiger partial charge is 0.353 e. The lowest BCUT2D eigenvalue weighted by atomic mass is 9.79. The molecule has 4 unspecified atom stereocenters. The van der Waals surface area contributed by atoms with Gasteiger partial charge in [0.05, 0.1) is 18.1 Å². The van der Waals surface area contributed by atoms with Crippen molar-refractivity contribution in [2.75, 3.05) is 13.1 Å². The van der Waals surface area contributed by atoms with Crippen molar-refractivity contribution in [3.63, 3.8) is 0 Å². The number of β-lactam (4-membered cyclic amide) rings is 1. The van der Waals surface area contributed by atoms with E-state index in [9.17, 15) is 28.2 Å². The second-order valence-electron chi connectivity index (χ2n) is 6.37. The molecule has 2 fully saturated rings. The number of nitrogens with two attached hydrogens (primary N) is 1. The second-order valence-corrected chi connectivity index (χ2v) is 9.26. The summed E-state index contributed by atoms with van der Waals surface area (Å²) in [7, 11) is -3.72. The lowest BCUT2D eigenvalue weighted by Gasteiger charge is -2.46. The molecule has 0 bridgehead atoms. The lowest BCUT2D eigenvalue weighted by molar-refractivity contribution is -0.163. The minimum Gasteiger partial charge on any atom is -0.477 e. The number of carboxylic acids is 1. The molecular weight excluding hydrogens is 358 g/mol. The third kappa shape index (κ3) is 2.54. The molecule has 0 saturated carbocycles. The molecule has 3 aliphatic heterocycles. The summed E-state index contributed by atoms with van der Waals surface area (Å²) in [6, 6.07) is -0.361. The van der Waals surface area contributed by atoms with Gasteiger partial charge < -0.3 is 15.1 Å². The Morgan fingerprint density at radius 3 is 2.46 bits per heavy atom. The highest BCUT2D eigenvalue weighted by Crippen LogP contribution is 2.51. The number of aliphatic carboxylic acids is 1. The van der Waals surface area contributed by atoms with Gasteiger partial charge >= 0.3 is 5.97 Å². The van der Waals surface area contributed by atoms with Crippen LogP contribution in [0.25, 0.3) is 0 Å². The number of hydrogen-bond acceptors (Lipinski definition) is 6. The molecule has 0 radical (unpaired) electrons. The van der Waals surface area contributed by atoms with E-state index in [1.807, 2.05) is 6.92 Å². The predicted molar refractivity (Wildman–Crippen MR) is 85.7 cm³/mol. The summed E-state index contributed by atoms with van der Waals surface area (Å²) >= 11 is 1.28. The number of aliphatic hydroxyl groups excluding tert-OH is 1. The maximum atomic E-state index is 12.2. The van der Waals surface area contributed by atoms with Crippen LogP contribution in [0.4, 0.5) is 0 Å². The van der Waals surface area contributed by atoms with Gasteiger partial charge in [-0.25, -0.2) is 9.93 Å². The molecule has 2 saturated heterocycles. The van der Waals surface area contributed by atoms with Crippen molar-refractivity contribution in [3.8, 4) is 0 Å². The van der Waals surface area contributed by atoms with E-state index < -0.39 is 28.2 Å². The van der Waals surface area contributed by atoms with Gasteiger partial charge in [-0.2, -0.15) is 12.7 Å². The second kappa shape index (κ2) is 5.70. The average molecular weight is 377 g/mol. The molecule has 0 aliphatic carbocycles. The van der Waals surface area contributed by atoms with Crippen molar-refractivity contribution in [2.24, 2.45) is 17.0 Å². The standard InChI is InChI=1S/C13H19N3O6S2/c1-5-9-8(6(2)17)12(18)16(9)10(13(19)20)11(5)23-7-3-15(4-7)24(14,21)22/h5-9,17H,3-4H2,1-2H3,(H,19,20)(H2,14,21,22).